The van der Waals surface area contributed by atoms with E-state index in [1.54, 1.807) is 12.1 Å². The van der Waals surface area contributed by atoms with Gasteiger partial charge in [0.2, 0.25) is 5.82 Å². The standard InChI is InChI=1S/C24H31FN2O3/c1-3-29-22-12-17(13-23(24(22)25)30-4-2)11-20-14-21(9-10-26-20)27(28)15-18-7-5-6-8-19(18)16-27/h5-8,12-13,20-21,26H,3-4,9-11,14-16H2,1-2H3. The zero-order valence-corrected chi connectivity index (χ0v) is 17.8. The second-order valence-corrected chi connectivity index (χ2v) is 8.34. The van der Waals surface area contributed by atoms with Gasteiger partial charge in [-0.2, -0.15) is 4.39 Å². The van der Waals surface area contributed by atoms with Crippen LogP contribution < -0.4 is 14.8 Å². The van der Waals surface area contributed by atoms with Crippen molar-refractivity contribution < 1.29 is 18.5 Å². The summed E-state index contributed by atoms with van der Waals surface area (Å²) in [6.07, 6.45) is 2.40. The number of rotatable bonds is 7. The Hall–Kier alpha value is -2.15. The molecule has 162 valence electrons. The number of fused-ring (bicyclic) bond motifs is 1. The van der Waals surface area contributed by atoms with Crippen LogP contribution in [0.25, 0.3) is 0 Å². The van der Waals surface area contributed by atoms with E-state index in [4.69, 9.17) is 9.47 Å². The van der Waals surface area contributed by atoms with E-state index in [-0.39, 0.29) is 28.2 Å². The van der Waals surface area contributed by atoms with E-state index in [2.05, 4.69) is 17.4 Å². The first-order chi connectivity index (χ1) is 14.5. The first-order valence-electron chi connectivity index (χ1n) is 11.0. The number of benzene rings is 2. The number of hydroxylamine groups is 3. The van der Waals surface area contributed by atoms with Gasteiger partial charge in [-0.25, -0.2) is 0 Å². The minimum absolute atomic E-state index is 0.0711. The number of piperidine rings is 1. The Bertz CT molecular complexity index is 836. The molecule has 0 radical (unpaired) electrons. The summed E-state index contributed by atoms with van der Waals surface area (Å²) in [5.74, 6) is 0.0112. The lowest BCUT2D eigenvalue weighted by Crippen LogP contribution is -2.54. The number of nitrogens with zero attached hydrogens (tertiary/aromatic N) is 1. The van der Waals surface area contributed by atoms with E-state index in [0.717, 1.165) is 24.9 Å². The first-order valence-corrected chi connectivity index (χ1v) is 11.0. The highest BCUT2D eigenvalue weighted by Gasteiger charge is 2.38. The highest BCUT2D eigenvalue weighted by atomic mass is 19.1. The highest BCUT2D eigenvalue weighted by Crippen LogP contribution is 2.36. The van der Waals surface area contributed by atoms with Crippen molar-refractivity contribution in [3.05, 3.63) is 64.1 Å². The van der Waals surface area contributed by atoms with Crippen LogP contribution >= 0.6 is 0 Å². The van der Waals surface area contributed by atoms with Gasteiger partial charge in [-0.05, 0) is 38.0 Å². The van der Waals surface area contributed by atoms with Crippen LogP contribution in [0.3, 0.4) is 0 Å². The van der Waals surface area contributed by atoms with Crippen LogP contribution in [0.5, 0.6) is 11.5 Å². The van der Waals surface area contributed by atoms with Gasteiger partial charge in [-0.15, -0.1) is 0 Å². The average molecular weight is 415 g/mol. The highest BCUT2D eigenvalue weighted by molar-refractivity contribution is 5.41. The zero-order valence-electron chi connectivity index (χ0n) is 17.8. The van der Waals surface area contributed by atoms with Crippen LogP contribution in [-0.2, 0) is 19.5 Å². The molecule has 2 aromatic rings. The van der Waals surface area contributed by atoms with Gasteiger partial charge in [0, 0.05) is 36.6 Å². The van der Waals surface area contributed by atoms with E-state index in [1.807, 2.05) is 26.0 Å². The van der Waals surface area contributed by atoms with Crippen molar-refractivity contribution in [2.75, 3.05) is 19.8 Å². The van der Waals surface area contributed by atoms with Crippen LogP contribution in [-0.4, -0.2) is 36.5 Å². The third-order valence-corrected chi connectivity index (χ3v) is 6.27. The zero-order chi connectivity index (χ0) is 21.1. The topological polar surface area (TPSA) is 53.5 Å². The van der Waals surface area contributed by atoms with Crippen molar-refractivity contribution in [3.63, 3.8) is 0 Å². The number of halogens is 1. The summed E-state index contributed by atoms with van der Waals surface area (Å²) in [6, 6.07) is 12.0. The molecule has 2 heterocycles. The quantitative estimate of drug-likeness (QED) is 0.542. The Kier molecular flexibility index (Phi) is 6.27. The second-order valence-electron chi connectivity index (χ2n) is 8.34. The van der Waals surface area contributed by atoms with Crippen molar-refractivity contribution in [1.82, 2.24) is 5.32 Å². The van der Waals surface area contributed by atoms with Crippen molar-refractivity contribution in [2.45, 2.75) is 58.3 Å². The molecule has 4 rings (SSSR count). The van der Waals surface area contributed by atoms with Crippen LogP contribution in [0.1, 0.15) is 43.4 Å². The molecule has 1 saturated heterocycles. The normalized spacial score (nSPS) is 22.5. The Morgan fingerprint density at radius 2 is 1.67 bits per heavy atom. The molecule has 0 amide bonds. The number of hydrogen-bond acceptors (Lipinski definition) is 4. The summed E-state index contributed by atoms with van der Waals surface area (Å²) in [5.41, 5.74) is 3.33. The van der Waals surface area contributed by atoms with Crippen LogP contribution in [0.15, 0.2) is 36.4 Å². The van der Waals surface area contributed by atoms with Crippen molar-refractivity contribution in [2.24, 2.45) is 0 Å². The maximum atomic E-state index is 14.5. The molecular formula is C24H31FN2O3. The molecule has 0 spiro atoms. The second kappa shape index (κ2) is 8.92. The fourth-order valence-corrected chi connectivity index (χ4v) is 4.87. The molecule has 0 saturated carbocycles. The van der Waals surface area contributed by atoms with E-state index >= 15 is 0 Å². The fraction of sp³-hybridized carbons (Fsp3) is 0.500. The molecule has 2 aromatic carbocycles. The van der Waals surface area contributed by atoms with Crippen molar-refractivity contribution in [3.8, 4) is 11.5 Å². The number of hydrogen-bond donors (Lipinski definition) is 1. The lowest BCUT2D eigenvalue weighted by molar-refractivity contribution is -0.926. The van der Waals surface area contributed by atoms with Crippen LogP contribution in [0.4, 0.5) is 4.39 Å². The predicted octanol–water partition coefficient (Wildman–Crippen LogP) is 4.31. The molecule has 1 N–H and O–H groups in total. The van der Waals surface area contributed by atoms with E-state index in [0.29, 0.717) is 32.7 Å². The van der Waals surface area contributed by atoms with Gasteiger partial charge in [-0.3, -0.25) is 0 Å². The summed E-state index contributed by atoms with van der Waals surface area (Å²) >= 11 is 0. The molecule has 30 heavy (non-hydrogen) atoms. The molecular weight excluding hydrogens is 383 g/mol. The fourth-order valence-electron chi connectivity index (χ4n) is 4.87. The largest absolute Gasteiger partial charge is 0.632 e. The van der Waals surface area contributed by atoms with Crippen LogP contribution in [0.2, 0.25) is 0 Å². The van der Waals surface area contributed by atoms with E-state index in [9.17, 15) is 9.60 Å². The number of quaternary nitrogens is 1. The molecule has 2 aliphatic heterocycles. The molecule has 6 heteroatoms. The Morgan fingerprint density at radius 3 is 2.23 bits per heavy atom. The molecule has 2 aliphatic rings. The molecule has 5 nitrogen and oxygen atoms in total. The molecule has 2 atom stereocenters. The lowest BCUT2D eigenvalue weighted by Gasteiger charge is -2.48. The Morgan fingerprint density at radius 1 is 1.07 bits per heavy atom. The van der Waals surface area contributed by atoms with Gasteiger partial charge < -0.3 is 24.6 Å². The maximum Gasteiger partial charge on any atom is 0.206 e. The lowest BCUT2D eigenvalue weighted by atomic mass is 9.92. The minimum Gasteiger partial charge on any atom is -0.632 e. The third kappa shape index (κ3) is 4.31. The van der Waals surface area contributed by atoms with Crippen LogP contribution in [0, 0.1) is 11.0 Å². The van der Waals surface area contributed by atoms with Gasteiger partial charge in [-0.1, -0.05) is 24.3 Å². The first kappa shape index (κ1) is 21.1. The third-order valence-electron chi connectivity index (χ3n) is 6.27. The molecule has 0 aliphatic carbocycles. The van der Waals surface area contributed by atoms with Gasteiger partial charge in [0.15, 0.2) is 11.5 Å². The SMILES string of the molecule is CCOc1cc(CC2CC([N+]3([O-])Cc4ccccc4C3)CCN2)cc(OCC)c1F. The van der Waals surface area contributed by atoms with E-state index < -0.39 is 5.82 Å². The summed E-state index contributed by atoms with van der Waals surface area (Å²) in [5, 5.41) is 17.2. The summed E-state index contributed by atoms with van der Waals surface area (Å²) in [6.45, 7) is 6.42. The minimum atomic E-state index is -0.448. The molecule has 1 fully saturated rings. The van der Waals surface area contributed by atoms with Crippen molar-refractivity contribution >= 4 is 0 Å². The van der Waals surface area contributed by atoms with Gasteiger partial charge >= 0.3 is 0 Å². The summed E-state index contributed by atoms with van der Waals surface area (Å²) in [4.78, 5) is 0. The molecule has 0 bridgehead atoms. The van der Waals surface area contributed by atoms with Crippen molar-refractivity contribution in [1.29, 1.82) is 0 Å². The summed E-state index contributed by atoms with van der Waals surface area (Å²) in [7, 11) is 0. The maximum absolute atomic E-state index is 14.5. The number of ether oxygens (including phenoxy) is 2. The van der Waals surface area contributed by atoms with Gasteiger partial charge in [0.25, 0.3) is 0 Å². The molecule has 2 unspecified atom stereocenters. The summed E-state index contributed by atoms with van der Waals surface area (Å²) < 4.78 is 25.3. The average Bonchev–Trinajstić information content (AvgIpc) is 3.09. The van der Waals surface area contributed by atoms with E-state index in [1.165, 1.54) is 11.1 Å². The number of nitrogens with one attached hydrogen (secondary N) is 1. The van der Waals surface area contributed by atoms with Gasteiger partial charge in [0.1, 0.15) is 13.1 Å². The Labute approximate surface area is 178 Å². The monoisotopic (exact) mass is 414 g/mol. The predicted molar refractivity (Wildman–Crippen MR) is 115 cm³/mol. The smallest absolute Gasteiger partial charge is 0.206 e. The van der Waals surface area contributed by atoms with Gasteiger partial charge in [0.05, 0.1) is 19.3 Å². The Balaban J connectivity index is 1.48. The molecule has 0 aromatic heterocycles.